The summed E-state index contributed by atoms with van der Waals surface area (Å²) in [6, 6.07) is 6.73. The number of aromatic nitrogens is 7. The SMILES string of the molecule is Cc1ncc(-c2cc(C#N)c(N3CCC(F)(c4nncn4C)CC3)c(-c3ccc(F)nc3)n2)cn1. The number of hydrogen-bond acceptors (Lipinski definition) is 8. The molecule has 9 nitrogen and oxygen atoms in total. The zero-order valence-electron chi connectivity index (χ0n) is 19.2. The Balaban J connectivity index is 1.58. The smallest absolute Gasteiger partial charge is 0.212 e. The lowest BCUT2D eigenvalue weighted by Gasteiger charge is -2.38. The molecule has 4 aromatic heterocycles. The largest absolute Gasteiger partial charge is 0.368 e. The molecular weight excluding hydrogens is 452 g/mol. The normalized spacial score (nSPS) is 15.1. The number of pyridine rings is 2. The molecule has 1 aliphatic rings. The Kier molecular flexibility index (Phi) is 5.64. The van der Waals surface area contributed by atoms with Crippen LogP contribution in [-0.2, 0) is 12.7 Å². The summed E-state index contributed by atoms with van der Waals surface area (Å²) in [4.78, 5) is 19.0. The van der Waals surface area contributed by atoms with Gasteiger partial charge in [0.25, 0.3) is 0 Å². The summed E-state index contributed by atoms with van der Waals surface area (Å²) < 4.78 is 30.9. The van der Waals surface area contributed by atoms with Crippen molar-refractivity contribution < 1.29 is 8.78 Å². The van der Waals surface area contributed by atoms with E-state index < -0.39 is 11.6 Å². The summed E-state index contributed by atoms with van der Waals surface area (Å²) in [5.41, 5.74) is 1.42. The van der Waals surface area contributed by atoms with Gasteiger partial charge in [-0.15, -0.1) is 10.2 Å². The van der Waals surface area contributed by atoms with Crippen LogP contribution in [0, 0.1) is 24.2 Å². The van der Waals surface area contributed by atoms with Crippen molar-refractivity contribution >= 4 is 5.69 Å². The van der Waals surface area contributed by atoms with Gasteiger partial charge in [-0.1, -0.05) is 0 Å². The van der Waals surface area contributed by atoms with Crippen LogP contribution in [0.2, 0.25) is 0 Å². The highest BCUT2D eigenvalue weighted by Gasteiger charge is 2.41. The average Bonchev–Trinajstić information content (AvgIpc) is 3.31. The van der Waals surface area contributed by atoms with Crippen molar-refractivity contribution in [2.75, 3.05) is 18.0 Å². The number of piperidine rings is 1. The first-order valence-electron chi connectivity index (χ1n) is 11.0. The predicted molar refractivity (Wildman–Crippen MR) is 123 cm³/mol. The summed E-state index contributed by atoms with van der Waals surface area (Å²) in [5.74, 6) is 0.274. The number of halogens is 2. The second-order valence-corrected chi connectivity index (χ2v) is 8.47. The Bertz CT molecular complexity index is 1400. The molecule has 0 aromatic carbocycles. The van der Waals surface area contributed by atoms with Crippen molar-refractivity contribution in [1.29, 1.82) is 5.26 Å². The zero-order chi connectivity index (χ0) is 24.6. The van der Waals surface area contributed by atoms with Crippen LogP contribution in [0.3, 0.4) is 0 Å². The van der Waals surface area contributed by atoms with Crippen molar-refractivity contribution in [2.45, 2.75) is 25.4 Å². The van der Waals surface area contributed by atoms with Crippen LogP contribution in [0.5, 0.6) is 0 Å². The van der Waals surface area contributed by atoms with E-state index in [0.717, 1.165) is 0 Å². The van der Waals surface area contributed by atoms with Crippen molar-refractivity contribution in [3.8, 4) is 28.6 Å². The summed E-state index contributed by atoms with van der Waals surface area (Å²) >= 11 is 0. The van der Waals surface area contributed by atoms with E-state index in [4.69, 9.17) is 4.98 Å². The Hall–Kier alpha value is -4.33. The third kappa shape index (κ3) is 4.19. The fourth-order valence-corrected chi connectivity index (χ4v) is 4.33. The highest BCUT2D eigenvalue weighted by molar-refractivity contribution is 5.82. The van der Waals surface area contributed by atoms with Crippen LogP contribution in [0.4, 0.5) is 14.5 Å². The molecule has 5 heterocycles. The molecule has 4 aromatic rings. The van der Waals surface area contributed by atoms with E-state index in [-0.39, 0.29) is 18.7 Å². The monoisotopic (exact) mass is 473 g/mol. The first-order chi connectivity index (χ1) is 16.9. The number of alkyl halides is 1. The molecule has 5 rings (SSSR count). The Morgan fingerprint density at radius 3 is 2.37 bits per heavy atom. The molecule has 0 N–H and O–H groups in total. The van der Waals surface area contributed by atoms with E-state index in [9.17, 15) is 9.65 Å². The molecule has 176 valence electrons. The minimum absolute atomic E-state index is 0.166. The van der Waals surface area contributed by atoms with Crippen LogP contribution in [0.1, 0.15) is 30.1 Å². The van der Waals surface area contributed by atoms with Crippen molar-refractivity contribution in [2.24, 2.45) is 7.05 Å². The van der Waals surface area contributed by atoms with Crippen LogP contribution < -0.4 is 4.90 Å². The molecule has 0 amide bonds. The highest BCUT2D eigenvalue weighted by Crippen LogP contribution is 2.41. The fourth-order valence-electron chi connectivity index (χ4n) is 4.33. The molecular formula is C24H21F2N9. The Morgan fingerprint density at radius 1 is 1.06 bits per heavy atom. The van der Waals surface area contributed by atoms with E-state index >= 15 is 4.39 Å². The number of nitrogens with zero attached hydrogens (tertiary/aromatic N) is 9. The van der Waals surface area contributed by atoms with E-state index in [0.29, 0.717) is 52.7 Å². The molecule has 0 radical (unpaired) electrons. The number of hydrogen-bond donors (Lipinski definition) is 0. The quantitative estimate of drug-likeness (QED) is 0.414. The first-order valence-corrected chi connectivity index (χ1v) is 11.0. The van der Waals surface area contributed by atoms with Crippen LogP contribution in [-0.4, -0.2) is 47.8 Å². The van der Waals surface area contributed by atoms with Crippen LogP contribution in [0.15, 0.2) is 43.1 Å². The van der Waals surface area contributed by atoms with Crippen molar-refractivity contribution in [3.05, 3.63) is 66.3 Å². The molecule has 0 bridgehead atoms. The van der Waals surface area contributed by atoms with Crippen LogP contribution in [0.25, 0.3) is 22.5 Å². The minimum Gasteiger partial charge on any atom is -0.368 e. The van der Waals surface area contributed by atoms with E-state index in [2.05, 4.69) is 31.2 Å². The van der Waals surface area contributed by atoms with E-state index in [1.165, 1.54) is 18.6 Å². The molecule has 1 saturated heterocycles. The average molecular weight is 473 g/mol. The Labute approximate surface area is 200 Å². The third-order valence-corrected chi connectivity index (χ3v) is 6.18. The lowest BCUT2D eigenvalue weighted by atomic mass is 9.91. The Morgan fingerprint density at radius 2 is 1.77 bits per heavy atom. The fraction of sp³-hybridized carbons (Fsp3) is 0.292. The van der Waals surface area contributed by atoms with Gasteiger partial charge in [-0.3, -0.25) is 0 Å². The standard InChI is InChI=1S/C24H21F2N9/c1-15-28-12-18(13-29-15)19-9-17(10-27)22(21(32-19)16-3-4-20(25)30-11-16)35-7-5-24(26,6-8-35)23-33-31-14-34(23)2/h3-4,9,11-14H,5-8H2,1-2H3. The number of anilines is 1. The molecule has 0 atom stereocenters. The van der Waals surface area contributed by atoms with Gasteiger partial charge in [-0.05, 0) is 25.1 Å². The summed E-state index contributed by atoms with van der Waals surface area (Å²) in [7, 11) is 1.72. The molecule has 0 saturated carbocycles. The molecule has 1 aliphatic heterocycles. The van der Waals surface area contributed by atoms with Gasteiger partial charge in [0.2, 0.25) is 5.95 Å². The predicted octanol–water partition coefficient (Wildman–Crippen LogP) is 3.51. The van der Waals surface area contributed by atoms with Gasteiger partial charge in [-0.2, -0.15) is 9.65 Å². The van der Waals surface area contributed by atoms with Gasteiger partial charge in [0.15, 0.2) is 11.5 Å². The second-order valence-electron chi connectivity index (χ2n) is 8.47. The van der Waals surface area contributed by atoms with Gasteiger partial charge < -0.3 is 9.47 Å². The second kappa shape index (κ2) is 8.79. The number of nitriles is 1. The maximum atomic E-state index is 15.8. The number of rotatable bonds is 4. The summed E-state index contributed by atoms with van der Waals surface area (Å²) in [6.45, 7) is 2.43. The molecule has 0 unspecified atom stereocenters. The van der Waals surface area contributed by atoms with Gasteiger partial charge in [-0.25, -0.2) is 24.3 Å². The van der Waals surface area contributed by atoms with Gasteiger partial charge in [0, 0.05) is 62.7 Å². The van der Waals surface area contributed by atoms with Crippen molar-refractivity contribution in [1.82, 2.24) is 34.7 Å². The van der Waals surface area contributed by atoms with Crippen LogP contribution >= 0.6 is 0 Å². The summed E-state index contributed by atoms with van der Waals surface area (Å²) in [6.07, 6.45) is 6.46. The molecule has 1 fully saturated rings. The third-order valence-electron chi connectivity index (χ3n) is 6.18. The zero-order valence-corrected chi connectivity index (χ0v) is 19.2. The molecule has 0 aliphatic carbocycles. The van der Waals surface area contributed by atoms with Gasteiger partial charge >= 0.3 is 0 Å². The maximum Gasteiger partial charge on any atom is 0.212 e. The topological polar surface area (TPSA) is 109 Å². The molecule has 0 spiro atoms. The number of aryl methyl sites for hydroxylation is 2. The van der Waals surface area contributed by atoms with Crippen molar-refractivity contribution in [3.63, 3.8) is 0 Å². The molecule has 35 heavy (non-hydrogen) atoms. The maximum absolute atomic E-state index is 15.8. The van der Waals surface area contributed by atoms with E-state index in [1.54, 1.807) is 43.1 Å². The van der Waals surface area contributed by atoms with Gasteiger partial charge in [0.1, 0.15) is 18.2 Å². The molecule has 11 heteroatoms. The van der Waals surface area contributed by atoms with E-state index in [1.807, 2.05) is 4.90 Å². The van der Waals surface area contributed by atoms with Gasteiger partial charge in [0.05, 0.1) is 22.6 Å². The lowest BCUT2D eigenvalue weighted by molar-refractivity contribution is 0.109. The first kappa shape index (κ1) is 22.5. The highest BCUT2D eigenvalue weighted by atomic mass is 19.1. The summed E-state index contributed by atoms with van der Waals surface area (Å²) in [5, 5.41) is 17.8. The lowest BCUT2D eigenvalue weighted by Crippen LogP contribution is -2.42. The minimum atomic E-state index is -1.63.